The molecule has 7 nitrogen and oxygen atoms in total. The first-order valence-corrected chi connectivity index (χ1v) is 6.11. The molecule has 2 heterocycles. The zero-order chi connectivity index (χ0) is 13.2. The summed E-state index contributed by atoms with van der Waals surface area (Å²) in [6.07, 6.45) is 0. The van der Waals surface area contributed by atoms with E-state index in [1.54, 1.807) is 4.68 Å². The lowest BCUT2D eigenvalue weighted by molar-refractivity contribution is -0.120. The predicted molar refractivity (Wildman–Crippen MR) is 69.1 cm³/mol. The summed E-state index contributed by atoms with van der Waals surface area (Å²) in [7, 11) is 0. The number of carbonyl (C=O) groups excluding carboxylic acids is 1. The van der Waals surface area contributed by atoms with E-state index in [-0.39, 0.29) is 12.5 Å². The summed E-state index contributed by atoms with van der Waals surface area (Å²) >= 11 is 0. The number of rotatable bonds is 2. The molecule has 1 aliphatic rings. The maximum atomic E-state index is 11.4. The van der Waals surface area contributed by atoms with E-state index in [9.17, 15) is 4.79 Å². The maximum Gasteiger partial charge on any atom is 0.250 e. The second kappa shape index (κ2) is 4.68. The van der Waals surface area contributed by atoms with Crippen molar-refractivity contribution in [1.29, 1.82) is 0 Å². The van der Waals surface area contributed by atoms with Crippen molar-refractivity contribution in [2.75, 3.05) is 24.5 Å². The van der Waals surface area contributed by atoms with Crippen LogP contribution in [0.15, 0.2) is 24.3 Å². The fourth-order valence-corrected chi connectivity index (χ4v) is 2.04. The van der Waals surface area contributed by atoms with Crippen LogP contribution < -0.4 is 10.2 Å². The Kier molecular flexibility index (Phi) is 2.86. The molecule has 0 atom stereocenters. The highest BCUT2D eigenvalue weighted by Gasteiger charge is 2.22. The molecule has 0 spiro atoms. The van der Waals surface area contributed by atoms with Gasteiger partial charge in [0.25, 0.3) is 5.95 Å². The Labute approximate surface area is 110 Å². The number of benzene rings is 1. The van der Waals surface area contributed by atoms with Gasteiger partial charge in [-0.1, -0.05) is 22.8 Å². The molecule has 19 heavy (non-hydrogen) atoms. The molecule has 0 aliphatic carbocycles. The van der Waals surface area contributed by atoms with Crippen LogP contribution in [-0.4, -0.2) is 45.7 Å². The van der Waals surface area contributed by atoms with E-state index >= 15 is 0 Å². The summed E-state index contributed by atoms with van der Waals surface area (Å²) in [6, 6.07) is 7.92. The van der Waals surface area contributed by atoms with Crippen molar-refractivity contribution < 1.29 is 4.79 Å². The quantitative estimate of drug-likeness (QED) is 0.814. The number of aromatic nitrogens is 4. The van der Waals surface area contributed by atoms with Crippen LogP contribution in [-0.2, 0) is 4.79 Å². The molecule has 1 amide bonds. The van der Waals surface area contributed by atoms with Gasteiger partial charge < -0.3 is 10.2 Å². The summed E-state index contributed by atoms with van der Waals surface area (Å²) in [4.78, 5) is 13.3. The Hall–Kier alpha value is -2.44. The number of anilines is 1. The van der Waals surface area contributed by atoms with Gasteiger partial charge >= 0.3 is 0 Å². The Balaban J connectivity index is 1.93. The largest absolute Gasteiger partial charge is 0.353 e. The topological polar surface area (TPSA) is 75.9 Å². The van der Waals surface area contributed by atoms with Crippen LogP contribution in [0.3, 0.4) is 0 Å². The van der Waals surface area contributed by atoms with Gasteiger partial charge in [0.05, 0.1) is 12.2 Å². The van der Waals surface area contributed by atoms with E-state index < -0.39 is 0 Å². The van der Waals surface area contributed by atoms with Gasteiger partial charge in [0.1, 0.15) is 0 Å². The Morgan fingerprint density at radius 1 is 1.26 bits per heavy atom. The van der Waals surface area contributed by atoms with Gasteiger partial charge in [-0.25, -0.2) is 0 Å². The van der Waals surface area contributed by atoms with Crippen molar-refractivity contribution in [3.8, 4) is 5.69 Å². The average Bonchev–Trinajstić information content (AvgIpc) is 2.89. The molecule has 1 fully saturated rings. The Morgan fingerprint density at radius 2 is 2.05 bits per heavy atom. The van der Waals surface area contributed by atoms with E-state index in [1.807, 2.05) is 36.1 Å². The molecular formula is C12H14N6O. The number of carbonyl (C=O) groups is 1. The first kappa shape index (κ1) is 11.6. The third-order valence-electron chi connectivity index (χ3n) is 3.05. The summed E-state index contributed by atoms with van der Waals surface area (Å²) in [5, 5.41) is 14.5. The van der Waals surface area contributed by atoms with Crippen LogP contribution >= 0.6 is 0 Å². The summed E-state index contributed by atoms with van der Waals surface area (Å²) in [5.74, 6) is 0.586. The molecule has 0 bridgehead atoms. The van der Waals surface area contributed by atoms with Crippen molar-refractivity contribution >= 4 is 11.9 Å². The SMILES string of the molecule is Cc1ccc(-n2nnnc2N2CCNC(=O)C2)cc1. The first-order valence-electron chi connectivity index (χ1n) is 6.11. The molecule has 1 N–H and O–H groups in total. The van der Waals surface area contributed by atoms with Crippen molar-refractivity contribution in [2.45, 2.75) is 6.92 Å². The highest BCUT2D eigenvalue weighted by Crippen LogP contribution is 2.16. The molecular weight excluding hydrogens is 244 g/mol. The lowest BCUT2D eigenvalue weighted by atomic mass is 10.2. The van der Waals surface area contributed by atoms with E-state index in [4.69, 9.17) is 0 Å². The van der Waals surface area contributed by atoms with Gasteiger partial charge in [0, 0.05) is 13.1 Å². The number of hydrogen-bond donors (Lipinski definition) is 1. The molecule has 1 aromatic carbocycles. The summed E-state index contributed by atoms with van der Waals surface area (Å²) in [5.41, 5.74) is 2.06. The third-order valence-corrected chi connectivity index (χ3v) is 3.05. The maximum absolute atomic E-state index is 11.4. The lowest BCUT2D eigenvalue weighted by Crippen LogP contribution is -2.48. The fraction of sp³-hybridized carbons (Fsp3) is 0.333. The van der Waals surface area contributed by atoms with E-state index in [0.29, 0.717) is 19.0 Å². The van der Waals surface area contributed by atoms with Gasteiger partial charge in [-0.2, -0.15) is 4.68 Å². The number of hydrogen-bond acceptors (Lipinski definition) is 5. The van der Waals surface area contributed by atoms with Crippen molar-refractivity contribution in [1.82, 2.24) is 25.5 Å². The van der Waals surface area contributed by atoms with Crippen molar-refractivity contribution in [3.05, 3.63) is 29.8 Å². The predicted octanol–water partition coefficient (Wildman–Crippen LogP) is -0.0931. The van der Waals surface area contributed by atoms with E-state index in [1.165, 1.54) is 5.56 Å². The Bertz CT molecular complexity index is 591. The van der Waals surface area contributed by atoms with Crippen LogP contribution in [0.5, 0.6) is 0 Å². The van der Waals surface area contributed by atoms with Gasteiger partial charge in [-0.05, 0) is 29.5 Å². The molecule has 1 aliphatic heterocycles. The van der Waals surface area contributed by atoms with Gasteiger partial charge in [0.2, 0.25) is 5.91 Å². The normalized spacial score (nSPS) is 15.4. The van der Waals surface area contributed by atoms with Crippen LogP contribution in [0.25, 0.3) is 5.69 Å². The standard InChI is InChI=1S/C12H14N6O/c1-9-2-4-10(5-3-9)18-12(14-15-16-18)17-7-6-13-11(19)8-17/h2-5H,6-8H2,1H3,(H,13,19). The highest BCUT2D eigenvalue weighted by atomic mass is 16.2. The minimum absolute atomic E-state index is 0.00953. The minimum Gasteiger partial charge on any atom is -0.353 e. The van der Waals surface area contributed by atoms with E-state index in [0.717, 1.165) is 5.69 Å². The number of tetrazole rings is 1. The molecule has 0 saturated carbocycles. The number of aryl methyl sites for hydroxylation is 1. The van der Waals surface area contributed by atoms with Crippen LogP contribution in [0.2, 0.25) is 0 Å². The summed E-state index contributed by atoms with van der Waals surface area (Å²) < 4.78 is 1.65. The number of nitrogens with zero attached hydrogens (tertiary/aromatic N) is 5. The van der Waals surface area contributed by atoms with Gasteiger partial charge in [0.15, 0.2) is 0 Å². The minimum atomic E-state index is -0.00953. The summed E-state index contributed by atoms with van der Waals surface area (Å²) in [6.45, 7) is 3.63. The highest BCUT2D eigenvalue weighted by molar-refractivity contribution is 5.82. The van der Waals surface area contributed by atoms with Crippen LogP contribution in [0, 0.1) is 6.92 Å². The smallest absolute Gasteiger partial charge is 0.250 e. The van der Waals surface area contributed by atoms with Crippen LogP contribution in [0.1, 0.15) is 5.56 Å². The molecule has 1 aromatic heterocycles. The van der Waals surface area contributed by atoms with Crippen molar-refractivity contribution in [3.63, 3.8) is 0 Å². The van der Waals surface area contributed by atoms with Gasteiger partial charge in [-0.3, -0.25) is 4.79 Å². The molecule has 98 valence electrons. The molecule has 3 rings (SSSR count). The second-order valence-corrected chi connectivity index (χ2v) is 4.50. The van der Waals surface area contributed by atoms with Crippen LogP contribution in [0.4, 0.5) is 5.95 Å². The molecule has 1 saturated heterocycles. The fourth-order valence-electron chi connectivity index (χ4n) is 2.04. The van der Waals surface area contributed by atoms with Gasteiger partial charge in [-0.15, -0.1) is 0 Å². The molecule has 0 unspecified atom stereocenters. The molecule has 7 heteroatoms. The average molecular weight is 258 g/mol. The number of nitrogens with one attached hydrogen (secondary N) is 1. The first-order chi connectivity index (χ1) is 9.24. The van der Waals surface area contributed by atoms with Crippen molar-refractivity contribution in [2.24, 2.45) is 0 Å². The number of piperazine rings is 1. The monoisotopic (exact) mass is 258 g/mol. The zero-order valence-corrected chi connectivity index (χ0v) is 10.6. The lowest BCUT2D eigenvalue weighted by Gasteiger charge is -2.26. The molecule has 2 aromatic rings. The number of amides is 1. The van der Waals surface area contributed by atoms with E-state index in [2.05, 4.69) is 20.8 Å². The Morgan fingerprint density at radius 3 is 2.79 bits per heavy atom. The second-order valence-electron chi connectivity index (χ2n) is 4.50. The third kappa shape index (κ3) is 2.26. The molecule has 0 radical (unpaired) electrons. The zero-order valence-electron chi connectivity index (χ0n) is 10.6.